The van der Waals surface area contributed by atoms with Crippen molar-refractivity contribution in [1.29, 1.82) is 0 Å². The van der Waals surface area contributed by atoms with Gasteiger partial charge in [-0.05, 0) is 31.5 Å². The van der Waals surface area contributed by atoms with Gasteiger partial charge in [0.25, 0.3) is 0 Å². The van der Waals surface area contributed by atoms with Crippen molar-refractivity contribution in [3.05, 3.63) is 34.9 Å². The van der Waals surface area contributed by atoms with Gasteiger partial charge in [0.1, 0.15) is 6.04 Å². The minimum Gasteiger partial charge on any atom is -0.468 e. The summed E-state index contributed by atoms with van der Waals surface area (Å²) in [5, 5.41) is 3.83. The number of methoxy groups -OCH3 is 1. The van der Waals surface area contributed by atoms with Crippen LogP contribution in [-0.2, 0) is 9.53 Å². The van der Waals surface area contributed by atoms with Crippen molar-refractivity contribution in [2.24, 2.45) is 0 Å². The Hall–Kier alpha value is -1.06. The standard InChI is InChI=1S/C12H16ClNO2/c1-8(14-9(2)12(15)16-3)10-5-4-6-11(13)7-10/h4-9,14H,1-3H3/t8-,9?/m1/s1. The molecule has 0 aliphatic heterocycles. The highest BCUT2D eigenvalue weighted by molar-refractivity contribution is 6.30. The van der Waals surface area contributed by atoms with Crippen LogP contribution in [0.4, 0.5) is 0 Å². The van der Waals surface area contributed by atoms with Gasteiger partial charge in [0.15, 0.2) is 0 Å². The maximum absolute atomic E-state index is 11.2. The van der Waals surface area contributed by atoms with Crippen LogP contribution >= 0.6 is 11.6 Å². The molecule has 1 aromatic carbocycles. The minimum absolute atomic E-state index is 0.0489. The number of nitrogens with one attached hydrogen (secondary N) is 1. The number of rotatable bonds is 4. The molecule has 0 bridgehead atoms. The summed E-state index contributed by atoms with van der Waals surface area (Å²) in [5.74, 6) is -0.270. The minimum atomic E-state index is -0.334. The third-order valence-corrected chi connectivity index (χ3v) is 2.64. The second-order valence-electron chi connectivity index (χ2n) is 3.69. The number of halogens is 1. The first kappa shape index (κ1) is 13.0. The molecule has 4 heteroatoms. The van der Waals surface area contributed by atoms with Crippen molar-refractivity contribution in [2.75, 3.05) is 7.11 Å². The number of carbonyl (C=O) groups is 1. The van der Waals surface area contributed by atoms with Gasteiger partial charge < -0.3 is 4.74 Å². The lowest BCUT2D eigenvalue weighted by Gasteiger charge is -2.18. The van der Waals surface area contributed by atoms with Crippen LogP contribution in [0.2, 0.25) is 5.02 Å². The van der Waals surface area contributed by atoms with E-state index >= 15 is 0 Å². The Morgan fingerprint density at radius 1 is 1.44 bits per heavy atom. The summed E-state index contributed by atoms with van der Waals surface area (Å²) in [6, 6.07) is 7.27. The van der Waals surface area contributed by atoms with Gasteiger partial charge in [-0.25, -0.2) is 0 Å². The maximum Gasteiger partial charge on any atom is 0.322 e. The fourth-order valence-corrected chi connectivity index (χ4v) is 1.69. The fourth-order valence-electron chi connectivity index (χ4n) is 1.49. The van der Waals surface area contributed by atoms with Crippen LogP contribution in [0.3, 0.4) is 0 Å². The van der Waals surface area contributed by atoms with Crippen LogP contribution in [0.1, 0.15) is 25.5 Å². The first-order valence-electron chi connectivity index (χ1n) is 5.14. The van der Waals surface area contributed by atoms with Crippen LogP contribution < -0.4 is 5.32 Å². The molecule has 1 aromatic rings. The number of benzene rings is 1. The van der Waals surface area contributed by atoms with Crippen molar-refractivity contribution in [3.63, 3.8) is 0 Å². The lowest BCUT2D eigenvalue weighted by molar-refractivity contribution is -0.142. The lowest BCUT2D eigenvalue weighted by atomic mass is 10.1. The highest BCUT2D eigenvalue weighted by Crippen LogP contribution is 2.17. The van der Waals surface area contributed by atoms with Crippen LogP contribution in [-0.4, -0.2) is 19.1 Å². The molecule has 0 amide bonds. The summed E-state index contributed by atoms with van der Waals surface area (Å²) < 4.78 is 4.64. The topological polar surface area (TPSA) is 38.3 Å². The fraction of sp³-hybridized carbons (Fsp3) is 0.417. The van der Waals surface area contributed by atoms with Crippen molar-refractivity contribution in [1.82, 2.24) is 5.32 Å². The molecule has 88 valence electrons. The highest BCUT2D eigenvalue weighted by Gasteiger charge is 2.16. The predicted octanol–water partition coefficient (Wildman–Crippen LogP) is 2.55. The molecule has 1 rings (SSSR count). The van der Waals surface area contributed by atoms with E-state index in [2.05, 4.69) is 10.1 Å². The molecule has 0 aromatic heterocycles. The number of hydrogen-bond acceptors (Lipinski definition) is 3. The number of hydrogen-bond donors (Lipinski definition) is 1. The monoisotopic (exact) mass is 241 g/mol. The van der Waals surface area contributed by atoms with E-state index in [-0.39, 0.29) is 18.1 Å². The molecular weight excluding hydrogens is 226 g/mol. The van der Waals surface area contributed by atoms with E-state index < -0.39 is 0 Å². The Labute approximate surface area is 101 Å². The zero-order valence-electron chi connectivity index (χ0n) is 9.66. The molecule has 0 radical (unpaired) electrons. The highest BCUT2D eigenvalue weighted by atomic mass is 35.5. The smallest absolute Gasteiger partial charge is 0.322 e. The van der Waals surface area contributed by atoms with E-state index in [1.165, 1.54) is 7.11 Å². The summed E-state index contributed by atoms with van der Waals surface area (Å²) in [6.07, 6.45) is 0. The molecule has 0 spiro atoms. The van der Waals surface area contributed by atoms with Gasteiger partial charge in [0, 0.05) is 11.1 Å². The molecule has 0 aliphatic carbocycles. The normalized spacial score (nSPS) is 14.2. The predicted molar refractivity (Wildman–Crippen MR) is 64.5 cm³/mol. The van der Waals surface area contributed by atoms with Crippen LogP contribution in [0.5, 0.6) is 0 Å². The quantitative estimate of drug-likeness (QED) is 0.824. The van der Waals surface area contributed by atoms with Crippen LogP contribution in [0, 0.1) is 0 Å². The van der Waals surface area contributed by atoms with Crippen molar-refractivity contribution in [2.45, 2.75) is 25.9 Å². The largest absolute Gasteiger partial charge is 0.468 e. The molecule has 0 heterocycles. The van der Waals surface area contributed by atoms with Crippen molar-refractivity contribution < 1.29 is 9.53 Å². The third kappa shape index (κ3) is 3.51. The Bertz CT molecular complexity index is 368. The maximum atomic E-state index is 11.2. The van der Waals surface area contributed by atoms with E-state index in [9.17, 15) is 4.79 Å². The first-order chi connectivity index (χ1) is 7.54. The Morgan fingerprint density at radius 2 is 2.12 bits per heavy atom. The van der Waals surface area contributed by atoms with Gasteiger partial charge in [-0.15, -0.1) is 0 Å². The third-order valence-electron chi connectivity index (χ3n) is 2.40. The second kappa shape index (κ2) is 5.87. The molecule has 0 aliphatic rings. The molecule has 0 saturated heterocycles. The molecule has 2 atom stereocenters. The second-order valence-corrected chi connectivity index (χ2v) is 4.12. The van der Waals surface area contributed by atoms with Gasteiger partial charge in [-0.2, -0.15) is 0 Å². The Kier molecular flexibility index (Phi) is 4.77. The van der Waals surface area contributed by atoms with Gasteiger partial charge in [-0.3, -0.25) is 10.1 Å². The molecular formula is C12H16ClNO2. The summed E-state index contributed by atoms with van der Waals surface area (Å²) in [5.41, 5.74) is 1.04. The average Bonchev–Trinajstić information content (AvgIpc) is 2.27. The number of ether oxygens (including phenoxy) is 1. The van der Waals surface area contributed by atoms with E-state index in [1.807, 2.05) is 31.2 Å². The summed E-state index contributed by atoms with van der Waals surface area (Å²) in [4.78, 5) is 11.2. The molecule has 1 N–H and O–H groups in total. The van der Waals surface area contributed by atoms with Gasteiger partial charge in [0.2, 0.25) is 0 Å². The van der Waals surface area contributed by atoms with Gasteiger partial charge in [0.05, 0.1) is 7.11 Å². The number of carbonyl (C=O) groups excluding carboxylic acids is 1. The van der Waals surface area contributed by atoms with Gasteiger partial charge in [-0.1, -0.05) is 23.7 Å². The zero-order valence-corrected chi connectivity index (χ0v) is 10.4. The van der Waals surface area contributed by atoms with E-state index in [0.717, 1.165) is 5.56 Å². The van der Waals surface area contributed by atoms with E-state index in [4.69, 9.17) is 11.6 Å². The molecule has 3 nitrogen and oxygen atoms in total. The molecule has 16 heavy (non-hydrogen) atoms. The molecule has 1 unspecified atom stereocenters. The van der Waals surface area contributed by atoms with E-state index in [1.54, 1.807) is 6.92 Å². The van der Waals surface area contributed by atoms with Crippen molar-refractivity contribution >= 4 is 17.6 Å². The van der Waals surface area contributed by atoms with Crippen LogP contribution in [0.15, 0.2) is 24.3 Å². The zero-order chi connectivity index (χ0) is 12.1. The Morgan fingerprint density at radius 3 is 2.69 bits per heavy atom. The van der Waals surface area contributed by atoms with Crippen molar-refractivity contribution in [3.8, 4) is 0 Å². The van der Waals surface area contributed by atoms with E-state index in [0.29, 0.717) is 5.02 Å². The molecule has 0 saturated carbocycles. The van der Waals surface area contributed by atoms with Crippen LogP contribution in [0.25, 0.3) is 0 Å². The average molecular weight is 242 g/mol. The first-order valence-corrected chi connectivity index (χ1v) is 5.51. The summed E-state index contributed by atoms with van der Waals surface area (Å²) >= 11 is 5.90. The number of esters is 1. The summed E-state index contributed by atoms with van der Waals surface area (Å²) in [6.45, 7) is 3.75. The molecule has 0 fully saturated rings. The Balaban J connectivity index is 2.65. The van der Waals surface area contributed by atoms with Gasteiger partial charge >= 0.3 is 5.97 Å². The SMILES string of the molecule is COC(=O)C(C)N[C@H](C)c1cccc(Cl)c1. The lowest BCUT2D eigenvalue weighted by Crippen LogP contribution is -2.36. The summed E-state index contributed by atoms with van der Waals surface area (Å²) in [7, 11) is 1.38.